The largest absolute Gasteiger partial charge is 0.492 e. The number of benzene rings is 1. The van der Waals surface area contributed by atoms with E-state index >= 15 is 0 Å². The first-order chi connectivity index (χ1) is 7.54. The number of aryl methyl sites for hydroxylation is 1. The van der Waals surface area contributed by atoms with Crippen LogP contribution in [0.1, 0.15) is 25.8 Å². The van der Waals surface area contributed by atoms with Gasteiger partial charge in [0.25, 0.3) is 0 Å². The fourth-order valence-corrected chi connectivity index (χ4v) is 1.38. The Morgan fingerprint density at radius 2 is 2.12 bits per heavy atom. The van der Waals surface area contributed by atoms with Gasteiger partial charge >= 0.3 is 0 Å². The van der Waals surface area contributed by atoms with Gasteiger partial charge in [-0.25, -0.2) is 4.39 Å². The monoisotopic (exact) mass is 225 g/mol. The second-order valence-corrected chi connectivity index (χ2v) is 4.27. The molecule has 0 radical (unpaired) electrons. The van der Waals surface area contributed by atoms with Crippen molar-refractivity contribution in [1.82, 2.24) is 0 Å². The summed E-state index contributed by atoms with van der Waals surface area (Å²) in [6.45, 7) is 6.51. The van der Waals surface area contributed by atoms with E-state index in [4.69, 9.17) is 10.5 Å². The van der Waals surface area contributed by atoms with E-state index in [0.717, 1.165) is 12.0 Å². The summed E-state index contributed by atoms with van der Waals surface area (Å²) in [5.74, 6) is 0.713. The molecule has 1 aromatic rings. The molecule has 2 atom stereocenters. The van der Waals surface area contributed by atoms with Crippen LogP contribution in [0.15, 0.2) is 18.2 Å². The molecule has 0 aliphatic rings. The first kappa shape index (κ1) is 13.0. The van der Waals surface area contributed by atoms with E-state index in [1.165, 1.54) is 12.1 Å². The lowest BCUT2D eigenvalue weighted by Gasteiger charge is -2.19. The molecule has 0 heterocycles. The van der Waals surface area contributed by atoms with E-state index < -0.39 is 0 Å². The third-order valence-corrected chi connectivity index (χ3v) is 2.96. The van der Waals surface area contributed by atoms with Crippen molar-refractivity contribution in [2.75, 3.05) is 6.61 Å². The van der Waals surface area contributed by atoms with Gasteiger partial charge in [0.1, 0.15) is 18.2 Å². The summed E-state index contributed by atoms with van der Waals surface area (Å²) in [4.78, 5) is 0. The van der Waals surface area contributed by atoms with Gasteiger partial charge < -0.3 is 10.5 Å². The van der Waals surface area contributed by atoms with Crippen molar-refractivity contribution in [3.63, 3.8) is 0 Å². The van der Waals surface area contributed by atoms with E-state index in [1.54, 1.807) is 6.07 Å². The highest BCUT2D eigenvalue weighted by Gasteiger charge is 2.12. The molecule has 0 saturated carbocycles. The Kier molecular flexibility index (Phi) is 4.74. The molecular weight excluding hydrogens is 205 g/mol. The Bertz CT molecular complexity index is 341. The number of hydrogen-bond donors (Lipinski definition) is 1. The quantitative estimate of drug-likeness (QED) is 0.836. The Balaban J connectivity index is 2.57. The topological polar surface area (TPSA) is 35.2 Å². The molecule has 0 spiro atoms. The van der Waals surface area contributed by atoms with Gasteiger partial charge in [-0.2, -0.15) is 0 Å². The van der Waals surface area contributed by atoms with Crippen LogP contribution < -0.4 is 10.5 Å². The van der Waals surface area contributed by atoms with Gasteiger partial charge in [-0.05, 0) is 24.5 Å². The van der Waals surface area contributed by atoms with Gasteiger partial charge in [0.05, 0.1) is 0 Å². The molecule has 0 aliphatic carbocycles. The van der Waals surface area contributed by atoms with Crippen molar-refractivity contribution in [3.8, 4) is 5.75 Å². The molecule has 3 heteroatoms. The number of nitrogens with two attached hydrogens (primary N) is 1. The van der Waals surface area contributed by atoms with E-state index in [1.807, 2.05) is 6.92 Å². The minimum Gasteiger partial charge on any atom is -0.492 e. The van der Waals surface area contributed by atoms with Crippen LogP contribution in [0, 0.1) is 18.7 Å². The van der Waals surface area contributed by atoms with Gasteiger partial charge in [0.2, 0.25) is 0 Å². The molecule has 0 aliphatic heterocycles. The van der Waals surface area contributed by atoms with E-state index in [-0.39, 0.29) is 11.9 Å². The molecule has 90 valence electrons. The van der Waals surface area contributed by atoms with Crippen molar-refractivity contribution >= 4 is 0 Å². The minimum absolute atomic E-state index is 0.00679. The first-order valence-electron chi connectivity index (χ1n) is 5.69. The van der Waals surface area contributed by atoms with Crippen molar-refractivity contribution in [2.45, 2.75) is 33.2 Å². The van der Waals surface area contributed by atoms with Crippen LogP contribution >= 0.6 is 0 Å². The van der Waals surface area contributed by atoms with Crippen LogP contribution in [0.5, 0.6) is 5.75 Å². The standard InChI is InChI=1S/C13H20FNO/c1-4-9(2)12(15)8-16-13-7-11(14)6-5-10(13)3/h5-7,9,12H,4,8,15H2,1-3H3. The van der Waals surface area contributed by atoms with Gasteiger partial charge in [-0.1, -0.05) is 26.3 Å². The van der Waals surface area contributed by atoms with Gasteiger partial charge in [0.15, 0.2) is 0 Å². The Morgan fingerprint density at radius 1 is 1.44 bits per heavy atom. The normalized spacial score (nSPS) is 14.6. The maximum Gasteiger partial charge on any atom is 0.126 e. The first-order valence-corrected chi connectivity index (χ1v) is 5.69. The predicted octanol–water partition coefficient (Wildman–Crippen LogP) is 2.89. The Labute approximate surface area is 96.6 Å². The molecule has 0 bridgehead atoms. The molecular formula is C13H20FNO. The molecule has 1 aromatic carbocycles. The summed E-state index contributed by atoms with van der Waals surface area (Å²) in [5, 5.41) is 0. The molecule has 0 fully saturated rings. The van der Waals surface area contributed by atoms with Crippen LogP contribution in [-0.2, 0) is 0 Å². The summed E-state index contributed by atoms with van der Waals surface area (Å²) in [5.41, 5.74) is 6.87. The second-order valence-electron chi connectivity index (χ2n) is 4.27. The molecule has 0 aromatic heterocycles. The molecule has 2 N–H and O–H groups in total. The lowest BCUT2D eigenvalue weighted by molar-refractivity contribution is 0.248. The van der Waals surface area contributed by atoms with Crippen LogP contribution in [0.2, 0.25) is 0 Å². The van der Waals surface area contributed by atoms with Crippen molar-refractivity contribution in [3.05, 3.63) is 29.6 Å². The fourth-order valence-electron chi connectivity index (χ4n) is 1.38. The van der Waals surface area contributed by atoms with E-state index in [2.05, 4.69) is 13.8 Å². The average Bonchev–Trinajstić information content (AvgIpc) is 2.28. The number of hydrogen-bond acceptors (Lipinski definition) is 2. The Hall–Kier alpha value is -1.09. The van der Waals surface area contributed by atoms with Crippen molar-refractivity contribution in [2.24, 2.45) is 11.7 Å². The summed E-state index contributed by atoms with van der Waals surface area (Å²) < 4.78 is 18.5. The molecule has 1 rings (SSSR count). The second kappa shape index (κ2) is 5.85. The lowest BCUT2D eigenvalue weighted by Crippen LogP contribution is -2.34. The number of ether oxygens (including phenoxy) is 1. The predicted molar refractivity (Wildman–Crippen MR) is 64.1 cm³/mol. The summed E-state index contributed by atoms with van der Waals surface area (Å²) in [6, 6.07) is 4.53. The Morgan fingerprint density at radius 3 is 2.75 bits per heavy atom. The average molecular weight is 225 g/mol. The third-order valence-electron chi connectivity index (χ3n) is 2.96. The zero-order chi connectivity index (χ0) is 12.1. The smallest absolute Gasteiger partial charge is 0.126 e. The molecule has 0 saturated heterocycles. The highest BCUT2D eigenvalue weighted by molar-refractivity contribution is 5.32. The van der Waals surface area contributed by atoms with Gasteiger partial charge in [-0.15, -0.1) is 0 Å². The van der Waals surface area contributed by atoms with Gasteiger partial charge in [-0.3, -0.25) is 0 Å². The zero-order valence-corrected chi connectivity index (χ0v) is 10.2. The SMILES string of the molecule is CCC(C)C(N)COc1cc(F)ccc1C. The van der Waals surface area contributed by atoms with Crippen LogP contribution in [0.4, 0.5) is 4.39 Å². The summed E-state index contributed by atoms with van der Waals surface area (Å²) in [7, 11) is 0. The molecule has 0 amide bonds. The zero-order valence-electron chi connectivity index (χ0n) is 10.2. The fraction of sp³-hybridized carbons (Fsp3) is 0.538. The van der Waals surface area contributed by atoms with E-state index in [9.17, 15) is 4.39 Å². The van der Waals surface area contributed by atoms with Gasteiger partial charge in [0, 0.05) is 12.1 Å². The highest BCUT2D eigenvalue weighted by Crippen LogP contribution is 2.19. The molecule has 16 heavy (non-hydrogen) atoms. The van der Waals surface area contributed by atoms with Crippen LogP contribution in [-0.4, -0.2) is 12.6 Å². The van der Waals surface area contributed by atoms with Crippen molar-refractivity contribution in [1.29, 1.82) is 0 Å². The van der Waals surface area contributed by atoms with E-state index in [0.29, 0.717) is 18.3 Å². The molecule has 2 unspecified atom stereocenters. The summed E-state index contributed by atoms with van der Waals surface area (Å²) >= 11 is 0. The number of halogens is 1. The lowest BCUT2D eigenvalue weighted by atomic mass is 10.0. The third kappa shape index (κ3) is 3.49. The minimum atomic E-state index is -0.280. The number of rotatable bonds is 5. The maximum atomic E-state index is 13.0. The highest BCUT2D eigenvalue weighted by atomic mass is 19.1. The van der Waals surface area contributed by atoms with Crippen LogP contribution in [0.3, 0.4) is 0 Å². The van der Waals surface area contributed by atoms with Crippen LogP contribution in [0.25, 0.3) is 0 Å². The maximum absolute atomic E-state index is 13.0. The van der Waals surface area contributed by atoms with Crippen molar-refractivity contribution < 1.29 is 9.13 Å². The summed E-state index contributed by atoms with van der Waals surface area (Å²) in [6.07, 6.45) is 1.02. The molecule has 2 nitrogen and oxygen atoms in total.